The molecule has 10 nitrogen and oxygen atoms in total. The Kier molecular flexibility index (Phi) is 5.23. The first kappa shape index (κ1) is 20.3. The highest BCUT2D eigenvalue weighted by atomic mass is 16.5. The van der Waals surface area contributed by atoms with Crippen molar-refractivity contribution in [3.05, 3.63) is 72.6 Å². The van der Waals surface area contributed by atoms with Crippen molar-refractivity contribution in [1.29, 1.82) is 0 Å². The first-order valence-electron chi connectivity index (χ1n) is 10.2. The molecule has 0 saturated heterocycles. The van der Waals surface area contributed by atoms with Gasteiger partial charge in [-0.2, -0.15) is 5.10 Å². The number of rotatable bonds is 6. The molecule has 0 unspecified atom stereocenters. The lowest BCUT2D eigenvalue weighted by atomic mass is 10.1. The van der Waals surface area contributed by atoms with Crippen LogP contribution >= 0.6 is 0 Å². The standard InChI is InChI=1S/C23H20N8O2/c1-14-20-8-18(11-24-22(20)33-30-14)28-21(32)7-15-3-5-16(6-4-15)17-9-25-23(26-10-17)29-19-12-27-31(2)13-19/h3-6,8-13H,7H2,1-2H3,(H,28,32)(H,25,26,29). The summed E-state index contributed by atoms with van der Waals surface area (Å²) < 4.78 is 6.80. The van der Waals surface area contributed by atoms with E-state index in [1.54, 1.807) is 29.5 Å². The Morgan fingerprint density at radius 1 is 1.00 bits per heavy atom. The van der Waals surface area contributed by atoms with Gasteiger partial charge in [0.25, 0.3) is 5.71 Å². The number of pyridine rings is 1. The van der Waals surface area contributed by atoms with Crippen LogP contribution in [0.25, 0.3) is 22.2 Å². The molecule has 0 aliphatic heterocycles. The molecule has 5 rings (SSSR count). The molecular formula is C23H20N8O2. The van der Waals surface area contributed by atoms with Crippen LogP contribution in [0.5, 0.6) is 0 Å². The highest BCUT2D eigenvalue weighted by molar-refractivity contribution is 5.94. The minimum atomic E-state index is -0.132. The molecule has 0 bridgehead atoms. The average molecular weight is 440 g/mol. The maximum Gasteiger partial charge on any atom is 0.258 e. The largest absolute Gasteiger partial charge is 0.336 e. The third kappa shape index (κ3) is 4.54. The Balaban J connectivity index is 1.21. The molecule has 0 radical (unpaired) electrons. The van der Waals surface area contributed by atoms with E-state index in [0.717, 1.165) is 33.5 Å². The zero-order valence-corrected chi connectivity index (χ0v) is 18.0. The fraction of sp³-hybridized carbons (Fsp3) is 0.130. The van der Waals surface area contributed by atoms with Crippen LogP contribution in [0.1, 0.15) is 11.3 Å². The molecule has 2 N–H and O–H groups in total. The smallest absolute Gasteiger partial charge is 0.258 e. The summed E-state index contributed by atoms with van der Waals surface area (Å²) in [6.45, 7) is 1.83. The number of hydrogen-bond donors (Lipinski definition) is 2. The van der Waals surface area contributed by atoms with Gasteiger partial charge in [0.1, 0.15) is 0 Å². The van der Waals surface area contributed by atoms with Gasteiger partial charge >= 0.3 is 0 Å². The zero-order chi connectivity index (χ0) is 22.8. The van der Waals surface area contributed by atoms with Crippen LogP contribution in [0, 0.1) is 6.92 Å². The van der Waals surface area contributed by atoms with Crippen molar-refractivity contribution in [1.82, 2.24) is 29.9 Å². The molecule has 164 valence electrons. The SMILES string of the molecule is Cc1noc2ncc(NC(=O)Cc3ccc(-c4cnc(Nc5cnn(C)c5)nc4)cc3)cc12. The number of amides is 1. The number of benzene rings is 1. The van der Waals surface area contributed by atoms with Crippen LogP contribution in [0.4, 0.5) is 17.3 Å². The minimum absolute atomic E-state index is 0.132. The molecule has 4 heterocycles. The van der Waals surface area contributed by atoms with Crippen LogP contribution in [0.15, 0.2) is 65.8 Å². The van der Waals surface area contributed by atoms with Gasteiger partial charge in [0.05, 0.1) is 41.3 Å². The van der Waals surface area contributed by atoms with Gasteiger partial charge in [-0.15, -0.1) is 0 Å². The molecule has 5 aromatic rings. The van der Waals surface area contributed by atoms with Crippen LogP contribution in [0.2, 0.25) is 0 Å². The minimum Gasteiger partial charge on any atom is -0.336 e. The van der Waals surface area contributed by atoms with Crippen molar-refractivity contribution in [3.8, 4) is 11.1 Å². The Morgan fingerprint density at radius 3 is 2.52 bits per heavy atom. The van der Waals surface area contributed by atoms with E-state index < -0.39 is 0 Å². The summed E-state index contributed by atoms with van der Waals surface area (Å²) in [6.07, 6.45) is 8.85. The summed E-state index contributed by atoms with van der Waals surface area (Å²) in [4.78, 5) is 25.4. The second-order valence-corrected chi connectivity index (χ2v) is 7.59. The summed E-state index contributed by atoms with van der Waals surface area (Å²) in [5.74, 6) is 0.362. The number of nitrogens with one attached hydrogen (secondary N) is 2. The molecule has 33 heavy (non-hydrogen) atoms. The van der Waals surface area contributed by atoms with E-state index in [1.165, 1.54) is 0 Å². The number of anilines is 3. The van der Waals surface area contributed by atoms with Gasteiger partial charge in [0, 0.05) is 31.2 Å². The Morgan fingerprint density at radius 2 is 1.79 bits per heavy atom. The van der Waals surface area contributed by atoms with Gasteiger partial charge in [-0.3, -0.25) is 9.48 Å². The lowest BCUT2D eigenvalue weighted by Gasteiger charge is -2.07. The molecule has 10 heteroatoms. The van der Waals surface area contributed by atoms with Crippen molar-refractivity contribution in [2.24, 2.45) is 7.05 Å². The zero-order valence-electron chi connectivity index (χ0n) is 18.0. The predicted molar refractivity (Wildman–Crippen MR) is 123 cm³/mol. The molecule has 4 aromatic heterocycles. The fourth-order valence-corrected chi connectivity index (χ4v) is 3.38. The van der Waals surface area contributed by atoms with Crippen molar-refractivity contribution in [2.75, 3.05) is 10.6 Å². The van der Waals surface area contributed by atoms with Gasteiger partial charge in [-0.25, -0.2) is 15.0 Å². The highest BCUT2D eigenvalue weighted by Gasteiger charge is 2.10. The van der Waals surface area contributed by atoms with E-state index in [1.807, 2.05) is 50.5 Å². The summed E-state index contributed by atoms with van der Waals surface area (Å²) >= 11 is 0. The van der Waals surface area contributed by atoms with Crippen LogP contribution < -0.4 is 10.6 Å². The molecule has 1 amide bonds. The van der Waals surface area contributed by atoms with Crippen LogP contribution in [-0.2, 0) is 18.3 Å². The van der Waals surface area contributed by atoms with E-state index in [9.17, 15) is 4.79 Å². The monoisotopic (exact) mass is 440 g/mol. The quantitative estimate of drug-likeness (QED) is 0.410. The number of aromatic nitrogens is 6. The average Bonchev–Trinajstić information content (AvgIpc) is 3.40. The Labute approximate surface area is 188 Å². The Hall–Kier alpha value is -4.60. The molecule has 0 spiro atoms. The summed E-state index contributed by atoms with van der Waals surface area (Å²) in [6, 6.07) is 9.54. The fourth-order valence-electron chi connectivity index (χ4n) is 3.38. The maximum absolute atomic E-state index is 12.5. The molecule has 0 atom stereocenters. The first-order chi connectivity index (χ1) is 16.0. The van der Waals surface area contributed by atoms with Crippen molar-refractivity contribution < 1.29 is 9.32 Å². The number of fused-ring (bicyclic) bond motifs is 1. The van der Waals surface area contributed by atoms with Gasteiger partial charge in [-0.1, -0.05) is 29.4 Å². The number of carbonyl (C=O) groups is 1. The highest BCUT2D eigenvalue weighted by Crippen LogP contribution is 2.21. The van der Waals surface area contributed by atoms with Crippen LogP contribution in [-0.4, -0.2) is 35.8 Å². The normalized spacial score (nSPS) is 11.0. The third-order valence-corrected chi connectivity index (χ3v) is 5.06. The lowest BCUT2D eigenvalue weighted by Crippen LogP contribution is -2.14. The second kappa shape index (κ2) is 8.50. The predicted octanol–water partition coefficient (Wildman–Crippen LogP) is 3.65. The molecular weight excluding hydrogens is 420 g/mol. The van der Waals surface area contributed by atoms with Gasteiger partial charge in [0.15, 0.2) is 0 Å². The lowest BCUT2D eigenvalue weighted by molar-refractivity contribution is -0.115. The van der Waals surface area contributed by atoms with Crippen molar-refractivity contribution in [3.63, 3.8) is 0 Å². The van der Waals surface area contributed by atoms with Gasteiger partial charge < -0.3 is 15.2 Å². The molecule has 0 saturated carbocycles. The summed E-state index contributed by atoms with van der Waals surface area (Å²) in [5.41, 5.74) is 5.34. The number of carbonyl (C=O) groups excluding carboxylic acids is 1. The van der Waals surface area contributed by atoms with E-state index in [-0.39, 0.29) is 12.3 Å². The van der Waals surface area contributed by atoms with E-state index in [2.05, 4.69) is 35.8 Å². The van der Waals surface area contributed by atoms with Gasteiger partial charge in [-0.05, 0) is 24.1 Å². The molecule has 0 aliphatic rings. The number of hydrogen-bond acceptors (Lipinski definition) is 8. The summed E-state index contributed by atoms with van der Waals surface area (Å²) in [7, 11) is 1.85. The van der Waals surface area contributed by atoms with E-state index in [0.29, 0.717) is 17.3 Å². The molecule has 1 aromatic carbocycles. The van der Waals surface area contributed by atoms with E-state index in [4.69, 9.17) is 4.52 Å². The molecule has 0 aliphatic carbocycles. The number of aryl methyl sites for hydroxylation is 2. The second-order valence-electron chi connectivity index (χ2n) is 7.59. The summed E-state index contributed by atoms with van der Waals surface area (Å²) in [5, 5.41) is 14.7. The van der Waals surface area contributed by atoms with E-state index >= 15 is 0 Å². The maximum atomic E-state index is 12.5. The van der Waals surface area contributed by atoms with Crippen molar-refractivity contribution in [2.45, 2.75) is 13.3 Å². The van der Waals surface area contributed by atoms with Gasteiger partial charge in [0.2, 0.25) is 11.9 Å². The number of nitrogens with zero attached hydrogens (tertiary/aromatic N) is 6. The molecule has 0 fully saturated rings. The van der Waals surface area contributed by atoms with Crippen molar-refractivity contribution >= 4 is 34.3 Å². The Bertz CT molecular complexity index is 1420. The topological polar surface area (TPSA) is 124 Å². The first-order valence-corrected chi connectivity index (χ1v) is 10.2. The van der Waals surface area contributed by atoms with Crippen LogP contribution in [0.3, 0.4) is 0 Å². The third-order valence-electron chi connectivity index (χ3n) is 5.06.